The molecule has 0 fully saturated rings. The fourth-order valence-corrected chi connectivity index (χ4v) is 3.41. The van der Waals surface area contributed by atoms with Crippen molar-refractivity contribution in [3.8, 4) is 0 Å². The number of aryl methyl sites for hydroxylation is 2. The highest BCUT2D eigenvalue weighted by molar-refractivity contribution is 8.00. The minimum absolute atomic E-state index is 0.529. The molecule has 0 N–H and O–H groups in total. The highest BCUT2D eigenvalue weighted by Gasteiger charge is 2.13. The van der Waals surface area contributed by atoms with Gasteiger partial charge in [-0.3, -0.25) is 0 Å². The normalized spacial score (nSPS) is 10.9. The van der Waals surface area contributed by atoms with E-state index >= 15 is 0 Å². The van der Waals surface area contributed by atoms with Gasteiger partial charge in [-0.25, -0.2) is 15.0 Å². The molecule has 2 heterocycles. The molecule has 19 heavy (non-hydrogen) atoms. The van der Waals surface area contributed by atoms with Gasteiger partial charge in [-0.1, -0.05) is 25.4 Å². The Morgan fingerprint density at radius 3 is 2.58 bits per heavy atom. The van der Waals surface area contributed by atoms with E-state index in [1.165, 1.54) is 23.3 Å². The predicted molar refractivity (Wildman–Crippen MR) is 79.2 cm³/mol. The molecule has 0 saturated carbocycles. The molecule has 0 radical (unpaired) electrons. The maximum absolute atomic E-state index is 6.16. The highest BCUT2D eigenvalue weighted by atomic mass is 35.5. The van der Waals surface area contributed by atoms with Gasteiger partial charge in [0.1, 0.15) is 21.8 Å². The second-order valence-electron chi connectivity index (χ2n) is 4.04. The number of hydrogen-bond donors (Lipinski definition) is 0. The predicted octanol–water partition coefficient (Wildman–Crippen LogP) is 3.96. The number of rotatable bonds is 5. The van der Waals surface area contributed by atoms with Gasteiger partial charge in [-0.15, -0.1) is 0 Å². The van der Waals surface area contributed by atoms with Gasteiger partial charge in [0, 0.05) is 18.4 Å². The summed E-state index contributed by atoms with van der Waals surface area (Å²) in [5, 5.41) is 1.41. The average molecular weight is 315 g/mol. The summed E-state index contributed by atoms with van der Waals surface area (Å²) >= 11 is 9.07. The van der Waals surface area contributed by atoms with E-state index in [-0.39, 0.29) is 0 Å². The summed E-state index contributed by atoms with van der Waals surface area (Å²) in [6, 6.07) is 0. The van der Waals surface area contributed by atoms with Crippen molar-refractivity contribution in [3.63, 3.8) is 0 Å². The Morgan fingerprint density at radius 2 is 1.95 bits per heavy atom. The molecule has 0 unspecified atom stereocenters. The molecule has 0 amide bonds. The first-order valence-corrected chi connectivity index (χ1v) is 8.14. The van der Waals surface area contributed by atoms with Crippen LogP contribution in [0.5, 0.6) is 0 Å². The molecule has 0 atom stereocenters. The molecule has 0 saturated heterocycles. The van der Waals surface area contributed by atoms with Crippen molar-refractivity contribution in [2.45, 2.75) is 49.4 Å². The van der Waals surface area contributed by atoms with Crippen LogP contribution in [0.25, 0.3) is 0 Å². The van der Waals surface area contributed by atoms with E-state index < -0.39 is 0 Å². The SMILES string of the molecule is CCCc1nc(Cl)c(C)c(Sc2nc(CC)ns2)n1. The Hall–Kier alpha value is -0.720. The van der Waals surface area contributed by atoms with Gasteiger partial charge in [0.05, 0.1) is 0 Å². The first-order valence-electron chi connectivity index (χ1n) is 6.17. The van der Waals surface area contributed by atoms with Crippen LogP contribution >= 0.6 is 34.9 Å². The largest absolute Gasteiger partial charge is 0.226 e. The smallest absolute Gasteiger partial charge is 0.176 e. The van der Waals surface area contributed by atoms with Crippen LogP contribution in [0.1, 0.15) is 37.5 Å². The average Bonchev–Trinajstić information content (AvgIpc) is 2.83. The molecule has 0 aliphatic rings. The molecule has 2 rings (SSSR count). The Morgan fingerprint density at radius 1 is 1.16 bits per heavy atom. The lowest BCUT2D eigenvalue weighted by atomic mass is 10.3. The highest BCUT2D eigenvalue weighted by Crippen LogP contribution is 2.32. The maximum Gasteiger partial charge on any atom is 0.176 e. The minimum atomic E-state index is 0.529. The van der Waals surface area contributed by atoms with E-state index in [1.807, 2.05) is 13.8 Å². The zero-order valence-corrected chi connectivity index (χ0v) is 13.5. The van der Waals surface area contributed by atoms with Crippen molar-refractivity contribution in [1.29, 1.82) is 0 Å². The number of halogens is 1. The lowest BCUT2D eigenvalue weighted by Gasteiger charge is -2.06. The van der Waals surface area contributed by atoms with Crippen LogP contribution in [0.2, 0.25) is 5.15 Å². The van der Waals surface area contributed by atoms with Crippen molar-refractivity contribution >= 4 is 34.9 Å². The molecule has 2 aromatic rings. The van der Waals surface area contributed by atoms with Gasteiger partial charge in [0.15, 0.2) is 4.34 Å². The number of hydrogen-bond acceptors (Lipinski definition) is 6. The molecule has 0 bridgehead atoms. The van der Waals surface area contributed by atoms with Crippen molar-refractivity contribution < 1.29 is 0 Å². The summed E-state index contributed by atoms with van der Waals surface area (Å²) in [5.74, 6) is 1.67. The monoisotopic (exact) mass is 314 g/mol. The first kappa shape index (κ1) is 14.7. The third kappa shape index (κ3) is 3.64. The van der Waals surface area contributed by atoms with Crippen molar-refractivity contribution in [2.75, 3.05) is 0 Å². The van der Waals surface area contributed by atoms with E-state index in [1.54, 1.807) is 0 Å². The molecular weight excluding hydrogens is 300 g/mol. The van der Waals surface area contributed by atoms with Crippen LogP contribution in [0.15, 0.2) is 9.37 Å². The molecule has 0 aliphatic heterocycles. The Balaban J connectivity index is 2.27. The maximum atomic E-state index is 6.16. The van der Waals surface area contributed by atoms with E-state index in [4.69, 9.17) is 11.6 Å². The molecule has 0 spiro atoms. The van der Waals surface area contributed by atoms with Gasteiger partial charge in [0.25, 0.3) is 0 Å². The third-order valence-corrected chi connectivity index (χ3v) is 4.76. The lowest BCUT2D eigenvalue weighted by molar-refractivity contribution is 0.801. The molecule has 2 aromatic heterocycles. The molecule has 0 aliphatic carbocycles. The Bertz CT molecular complexity index is 571. The van der Waals surface area contributed by atoms with Crippen LogP contribution in [0.3, 0.4) is 0 Å². The summed E-state index contributed by atoms with van der Waals surface area (Å²) < 4.78 is 5.18. The van der Waals surface area contributed by atoms with E-state index in [0.29, 0.717) is 5.15 Å². The second-order valence-corrected chi connectivity index (χ2v) is 6.39. The van der Waals surface area contributed by atoms with Crippen LogP contribution in [0.4, 0.5) is 0 Å². The first-order chi connectivity index (χ1) is 9.13. The summed E-state index contributed by atoms with van der Waals surface area (Å²) in [4.78, 5) is 13.3. The number of nitrogens with zero attached hydrogens (tertiary/aromatic N) is 4. The fourth-order valence-electron chi connectivity index (χ4n) is 1.45. The molecule has 102 valence electrons. The van der Waals surface area contributed by atoms with Crippen LogP contribution in [0, 0.1) is 6.92 Å². The second kappa shape index (κ2) is 6.63. The summed E-state index contributed by atoms with van der Waals surface area (Å²) in [6.45, 7) is 6.08. The van der Waals surface area contributed by atoms with Gasteiger partial charge >= 0.3 is 0 Å². The van der Waals surface area contributed by atoms with Crippen LogP contribution in [-0.4, -0.2) is 19.3 Å². The van der Waals surface area contributed by atoms with Crippen molar-refractivity contribution in [2.24, 2.45) is 0 Å². The summed E-state index contributed by atoms with van der Waals surface area (Å²) in [6.07, 6.45) is 2.69. The summed E-state index contributed by atoms with van der Waals surface area (Å²) in [5.41, 5.74) is 0.903. The summed E-state index contributed by atoms with van der Waals surface area (Å²) in [7, 11) is 0. The lowest BCUT2D eigenvalue weighted by Crippen LogP contribution is -1.99. The Kier molecular flexibility index (Phi) is 5.13. The van der Waals surface area contributed by atoms with E-state index in [9.17, 15) is 0 Å². The quantitative estimate of drug-likeness (QED) is 0.782. The van der Waals surface area contributed by atoms with Crippen LogP contribution < -0.4 is 0 Å². The Labute approximate surface area is 126 Å². The van der Waals surface area contributed by atoms with Gasteiger partial charge in [0.2, 0.25) is 0 Å². The van der Waals surface area contributed by atoms with Crippen molar-refractivity contribution in [1.82, 2.24) is 19.3 Å². The van der Waals surface area contributed by atoms with Gasteiger partial charge in [-0.2, -0.15) is 4.37 Å². The molecule has 4 nitrogen and oxygen atoms in total. The van der Waals surface area contributed by atoms with E-state index in [2.05, 4.69) is 26.2 Å². The fraction of sp³-hybridized carbons (Fsp3) is 0.500. The van der Waals surface area contributed by atoms with Crippen molar-refractivity contribution in [3.05, 3.63) is 22.4 Å². The third-order valence-electron chi connectivity index (χ3n) is 2.51. The van der Waals surface area contributed by atoms with E-state index in [0.717, 1.165) is 45.8 Å². The topological polar surface area (TPSA) is 51.6 Å². The van der Waals surface area contributed by atoms with Gasteiger partial charge in [-0.05, 0) is 36.6 Å². The van der Waals surface area contributed by atoms with Crippen LogP contribution in [-0.2, 0) is 12.8 Å². The van der Waals surface area contributed by atoms with Gasteiger partial charge < -0.3 is 0 Å². The molecular formula is C12H15ClN4S2. The molecule has 0 aromatic carbocycles. The standard InChI is InChI=1S/C12H15ClN4S2/c1-4-6-9-14-10(13)7(3)11(15-9)18-12-16-8(5-2)17-19-12/h4-6H2,1-3H3. The minimum Gasteiger partial charge on any atom is -0.226 e. The number of aromatic nitrogens is 4. The zero-order valence-electron chi connectivity index (χ0n) is 11.1. The molecule has 7 heteroatoms. The zero-order chi connectivity index (χ0) is 13.8.